The van der Waals surface area contributed by atoms with Crippen LogP contribution in [0, 0.1) is 17.0 Å². The number of carbonyl (C=O) groups is 3. The molecule has 212 valence electrons. The summed E-state index contributed by atoms with van der Waals surface area (Å²) in [5.74, 6) is 0.479. The van der Waals surface area contributed by atoms with E-state index >= 15 is 0 Å². The van der Waals surface area contributed by atoms with Crippen molar-refractivity contribution in [1.82, 2.24) is 5.32 Å². The zero-order valence-electron chi connectivity index (χ0n) is 22.7. The summed E-state index contributed by atoms with van der Waals surface area (Å²) in [6.45, 7) is 6.40. The van der Waals surface area contributed by atoms with Crippen molar-refractivity contribution in [2.45, 2.75) is 33.1 Å². The molecule has 4 rings (SSSR count). The lowest BCUT2D eigenvalue weighted by Gasteiger charge is -2.22. The third-order valence-electron chi connectivity index (χ3n) is 6.16. The molecule has 3 aromatic rings. The molecule has 3 aromatic carbocycles. The van der Waals surface area contributed by atoms with Gasteiger partial charge >= 0.3 is 12.1 Å². The van der Waals surface area contributed by atoms with Crippen LogP contribution in [0.25, 0.3) is 0 Å². The van der Waals surface area contributed by atoms with E-state index in [4.69, 9.17) is 4.74 Å². The number of nitrogens with one attached hydrogen (secondary N) is 2. The first kappa shape index (κ1) is 29.3. The minimum atomic E-state index is -0.735. The van der Waals surface area contributed by atoms with Gasteiger partial charge in [-0.05, 0) is 66.3 Å². The standard InChI is InChI=1S/C29H29N5O6S/c1-18(2)24-13-4-19(3)16-25(24)33-26(35)17-41-28(33)32-27(36)30-15-14-20-5-7-21(8-6-20)31-29(37)40-23-11-9-22(10-12-23)34(38)39/h4-13,16,18H,14-15,17H2,1-3H3,(H,30,36)(H,31,37). The van der Waals surface area contributed by atoms with Crippen LogP contribution in [0.15, 0.2) is 71.7 Å². The van der Waals surface area contributed by atoms with Crippen molar-refractivity contribution in [3.8, 4) is 5.75 Å². The number of amides is 4. The Balaban J connectivity index is 1.29. The van der Waals surface area contributed by atoms with Gasteiger partial charge in [0.05, 0.1) is 16.4 Å². The van der Waals surface area contributed by atoms with E-state index in [0.717, 1.165) is 22.4 Å². The molecule has 1 saturated heterocycles. The first-order valence-corrected chi connectivity index (χ1v) is 13.8. The van der Waals surface area contributed by atoms with Crippen LogP contribution in [0.3, 0.4) is 0 Å². The van der Waals surface area contributed by atoms with E-state index in [9.17, 15) is 24.5 Å². The van der Waals surface area contributed by atoms with Crippen LogP contribution in [0.5, 0.6) is 5.75 Å². The summed E-state index contributed by atoms with van der Waals surface area (Å²) in [5.41, 5.74) is 4.09. The van der Waals surface area contributed by atoms with Crippen LogP contribution in [-0.4, -0.2) is 40.4 Å². The lowest BCUT2D eigenvalue weighted by atomic mass is 9.99. The Morgan fingerprint density at radius 3 is 2.46 bits per heavy atom. The van der Waals surface area contributed by atoms with Gasteiger partial charge in [0, 0.05) is 24.4 Å². The van der Waals surface area contributed by atoms with Crippen LogP contribution in [-0.2, 0) is 11.2 Å². The van der Waals surface area contributed by atoms with E-state index in [2.05, 4.69) is 29.5 Å². The fourth-order valence-electron chi connectivity index (χ4n) is 4.10. The van der Waals surface area contributed by atoms with Crippen LogP contribution in [0.2, 0.25) is 0 Å². The molecule has 11 nitrogen and oxygen atoms in total. The Morgan fingerprint density at radius 2 is 1.80 bits per heavy atom. The zero-order chi connectivity index (χ0) is 29.5. The molecule has 0 saturated carbocycles. The molecule has 1 aliphatic heterocycles. The number of hydrogen-bond donors (Lipinski definition) is 2. The molecule has 0 aromatic heterocycles. The first-order valence-electron chi connectivity index (χ1n) is 12.9. The second-order valence-corrected chi connectivity index (χ2v) is 10.5. The van der Waals surface area contributed by atoms with E-state index in [0.29, 0.717) is 23.8 Å². The van der Waals surface area contributed by atoms with Crippen molar-refractivity contribution in [1.29, 1.82) is 0 Å². The molecular formula is C29H29N5O6S. The minimum Gasteiger partial charge on any atom is -0.410 e. The number of amidine groups is 1. The Bertz CT molecular complexity index is 1490. The SMILES string of the molecule is Cc1ccc(C(C)C)c(N2C(=O)CSC2=NC(=O)NCCc2ccc(NC(=O)Oc3ccc([N+](=O)[O-])cc3)cc2)c1. The number of aliphatic imine (C=N–C) groups is 1. The Morgan fingerprint density at radius 1 is 1.10 bits per heavy atom. The second kappa shape index (κ2) is 13.1. The van der Waals surface area contributed by atoms with E-state index < -0.39 is 17.0 Å². The topological polar surface area (TPSA) is 143 Å². The third kappa shape index (κ3) is 7.70. The van der Waals surface area contributed by atoms with Gasteiger partial charge in [0.2, 0.25) is 5.91 Å². The van der Waals surface area contributed by atoms with Gasteiger partial charge in [-0.2, -0.15) is 4.99 Å². The fourth-order valence-corrected chi connectivity index (χ4v) is 4.96. The minimum absolute atomic E-state index is 0.103. The molecule has 4 amide bonds. The second-order valence-electron chi connectivity index (χ2n) is 9.57. The van der Waals surface area contributed by atoms with Crippen molar-refractivity contribution < 1.29 is 24.0 Å². The van der Waals surface area contributed by atoms with Crippen molar-refractivity contribution in [3.05, 3.63) is 93.5 Å². The molecule has 0 atom stereocenters. The number of benzene rings is 3. The number of hydrogen-bond acceptors (Lipinski definition) is 7. The lowest BCUT2D eigenvalue weighted by molar-refractivity contribution is -0.384. The van der Waals surface area contributed by atoms with Crippen LogP contribution in [0.1, 0.15) is 36.5 Å². The van der Waals surface area contributed by atoms with Crippen molar-refractivity contribution in [3.63, 3.8) is 0 Å². The molecule has 1 heterocycles. The molecule has 0 aliphatic carbocycles. The highest BCUT2D eigenvalue weighted by Crippen LogP contribution is 2.34. The zero-order valence-corrected chi connectivity index (χ0v) is 23.6. The van der Waals surface area contributed by atoms with E-state index in [-0.39, 0.29) is 29.0 Å². The maximum Gasteiger partial charge on any atom is 0.417 e. The lowest BCUT2D eigenvalue weighted by Crippen LogP contribution is -2.32. The van der Waals surface area contributed by atoms with E-state index in [1.165, 1.54) is 40.9 Å². The van der Waals surface area contributed by atoms with E-state index in [1.807, 2.05) is 25.1 Å². The highest BCUT2D eigenvalue weighted by Gasteiger charge is 2.32. The molecule has 0 spiro atoms. The highest BCUT2D eigenvalue weighted by molar-refractivity contribution is 8.15. The van der Waals surface area contributed by atoms with Gasteiger partial charge in [-0.3, -0.25) is 25.1 Å². The number of non-ortho nitro benzene ring substituents is 1. The molecule has 0 radical (unpaired) electrons. The summed E-state index contributed by atoms with van der Waals surface area (Å²) in [6.07, 6.45) is -0.212. The highest BCUT2D eigenvalue weighted by atomic mass is 32.2. The summed E-state index contributed by atoms with van der Waals surface area (Å²) in [5, 5.41) is 16.4. The molecule has 2 N–H and O–H groups in total. The smallest absolute Gasteiger partial charge is 0.410 e. The molecule has 12 heteroatoms. The summed E-state index contributed by atoms with van der Waals surface area (Å²) in [7, 11) is 0. The molecule has 0 unspecified atom stereocenters. The largest absolute Gasteiger partial charge is 0.417 e. The van der Waals surface area contributed by atoms with Crippen LogP contribution >= 0.6 is 11.8 Å². The normalized spacial score (nSPS) is 13.9. The van der Waals surface area contributed by atoms with E-state index in [1.54, 1.807) is 24.3 Å². The maximum absolute atomic E-state index is 12.7. The predicted molar refractivity (Wildman–Crippen MR) is 159 cm³/mol. The third-order valence-corrected chi connectivity index (χ3v) is 7.08. The summed E-state index contributed by atoms with van der Waals surface area (Å²) in [4.78, 5) is 53.3. The molecule has 0 bridgehead atoms. The number of aryl methyl sites for hydroxylation is 1. The predicted octanol–water partition coefficient (Wildman–Crippen LogP) is 6.03. The number of urea groups is 1. The molecule has 1 fully saturated rings. The number of thioether (sulfide) groups is 1. The van der Waals surface area contributed by atoms with Crippen LogP contribution < -0.4 is 20.3 Å². The van der Waals surface area contributed by atoms with Crippen molar-refractivity contribution in [2.75, 3.05) is 22.5 Å². The Labute approximate surface area is 241 Å². The van der Waals surface area contributed by atoms with Crippen molar-refractivity contribution in [2.24, 2.45) is 4.99 Å². The van der Waals surface area contributed by atoms with Gasteiger partial charge in [0.1, 0.15) is 5.75 Å². The molecular weight excluding hydrogens is 546 g/mol. The maximum atomic E-state index is 12.7. The number of nitro benzene ring substituents is 1. The molecule has 41 heavy (non-hydrogen) atoms. The average molecular weight is 576 g/mol. The fraction of sp³-hybridized carbons (Fsp3) is 0.241. The monoisotopic (exact) mass is 575 g/mol. The van der Waals surface area contributed by atoms with Gasteiger partial charge in [0.25, 0.3) is 5.69 Å². The Kier molecular flexibility index (Phi) is 9.35. The quantitative estimate of drug-likeness (QED) is 0.247. The number of nitro groups is 1. The number of ether oxygens (including phenoxy) is 1. The first-order chi connectivity index (χ1) is 19.6. The Hall–Kier alpha value is -4.71. The van der Waals surface area contributed by atoms with Gasteiger partial charge in [0.15, 0.2) is 5.17 Å². The van der Waals surface area contributed by atoms with Crippen molar-refractivity contribution >= 4 is 52.0 Å². The summed E-state index contributed by atoms with van der Waals surface area (Å²) < 4.78 is 5.14. The summed E-state index contributed by atoms with van der Waals surface area (Å²) >= 11 is 1.24. The van der Waals surface area contributed by atoms with Gasteiger partial charge in [-0.1, -0.05) is 49.9 Å². The average Bonchev–Trinajstić information content (AvgIpc) is 3.28. The van der Waals surface area contributed by atoms with Crippen LogP contribution in [0.4, 0.5) is 26.7 Å². The van der Waals surface area contributed by atoms with Gasteiger partial charge in [-0.25, -0.2) is 9.59 Å². The number of anilines is 2. The summed E-state index contributed by atoms with van der Waals surface area (Å²) in [6, 6.07) is 17.6. The van der Waals surface area contributed by atoms with Gasteiger partial charge < -0.3 is 10.1 Å². The number of carbonyl (C=O) groups excluding carboxylic acids is 3. The van der Waals surface area contributed by atoms with Gasteiger partial charge in [-0.15, -0.1) is 0 Å². The number of nitrogens with zero attached hydrogens (tertiary/aromatic N) is 3. The molecule has 1 aliphatic rings. The number of rotatable bonds is 8.